The summed E-state index contributed by atoms with van der Waals surface area (Å²) in [5, 5.41) is 3.41. The molecule has 0 spiro atoms. The Morgan fingerprint density at radius 1 is 1.43 bits per heavy atom. The number of methoxy groups -OCH3 is 1. The predicted molar refractivity (Wildman–Crippen MR) is 52.6 cm³/mol. The van der Waals surface area contributed by atoms with Gasteiger partial charge in [-0.1, -0.05) is 0 Å². The molecule has 4 heteroatoms. The van der Waals surface area contributed by atoms with Crippen LogP contribution in [0.5, 0.6) is 0 Å². The van der Waals surface area contributed by atoms with Gasteiger partial charge in [-0.2, -0.15) is 0 Å². The lowest BCUT2D eigenvalue weighted by Gasteiger charge is -2.02. The second-order valence-corrected chi connectivity index (χ2v) is 3.60. The number of rotatable bonds is 5. The Morgan fingerprint density at radius 3 is 2.71 bits per heavy atom. The van der Waals surface area contributed by atoms with Gasteiger partial charge in [-0.05, 0) is 12.8 Å². The van der Waals surface area contributed by atoms with Crippen molar-refractivity contribution < 1.29 is 4.74 Å². The molecule has 0 saturated heterocycles. The molecule has 0 radical (unpaired) electrons. The lowest BCUT2D eigenvalue weighted by atomic mass is 10.3. The van der Waals surface area contributed by atoms with Crippen LogP contribution in [0.15, 0.2) is 12.4 Å². The summed E-state index contributed by atoms with van der Waals surface area (Å²) in [7, 11) is 1.64. The molecule has 76 valence electrons. The fourth-order valence-electron chi connectivity index (χ4n) is 1.23. The highest BCUT2D eigenvalue weighted by Crippen LogP contribution is 2.18. The van der Waals surface area contributed by atoms with Crippen molar-refractivity contribution in [2.45, 2.75) is 32.0 Å². The summed E-state index contributed by atoms with van der Waals surface area (Å²) in [5.74, 6) is 0.739. The van der Waals surface area contributed by atoms with Crippen molar-refractivity contribution in [1.82, 2.24) is 15.3 Å². The van der Waals surface area contributed by atoms with E-state index in [0.717, 1.165) is 24.0 Å². The van der Waals surface area contributed by atoms with Crippen LogP contribution in [0.25, 0.3) is 0 Å². The van der Waals surface area contributed by atoms with Crippen molar-refractivity contribution in [3.8, 4) is 0 Å². The summed E-state index contributed by atoms with van der Waals surface area (Å²) in [6, 6.07) is 0.730. The molecule has 14 heavy (non-hydrogen) atoms. The minimum Gasteiger partial charge on any atom is -0.377 e. The normalized spacial score (nSPS) is 15.8. The zero-order valence-corrected chi connectivity index (χ0v) is 8.36. The lowest BCUT2D eigenvalue weighted by molar-refractivity contribution is 0.177. The van der Waals surface area contributed by atoms with Crippen LogP contribution in [0, 0.1) is 0 Å². The van der Waals surface area contributed by atoms with Crippen LogP contribution in [0.1, 0.15) is 24.2 Å². The molecule has 0 unspecified atom stereocenters. The van der Waals surface area contributed by atoms with Crippen molar-refractivity contribution in [3.05, 3.63) is 23.8 Å². The summed E-state index contributed by atoms with van der Waals surface area (Å²) in [4.78, 5) is 8.38. The maximum Gasteiger partial charge on any atom is 0.153 e. The first kappa shape index (κ1) is 9.55. The van der Waals surface area contributed by atoms with Gasteiger partial charge in [0.2, 0.25) is 0 Å². The van der Waals surface area contributed by atoms with E-state index in [0.29, 0.717) is 6.61 Å². The Labute approximate surface area is 83.7 Å². The van der Waals surface area contributed by atoms with E-state index in [1.807, 2.05) is 12.4 Å². The van der Waals surface area contributed by atoms with Crippen LogP contribution in [0.3, 0.4) is 0 Å². The molecule has 1 aromatic heterocycles. The second kappa shape index (κ2) is 4.48. The van der Waals surface area contributed by atoms with Crippen LogP contribution in [0.2, 0.25) is 0 Å². The third-order valence-electron chi connectivity index (χ3n) is 2.20. The van der Waals surface area contributed by atoms with E-state index < -0.39 is 0 Å². The van der Waals surface area contributed by atoms with Gasteiger partial charge < -0.3 is 10.1 Å². The molecule has 1 heterocycles. The maximum absolute atomic E-state index is 4.94. The quantitative estimate of drug-likeness (QED) is 0.754. The van der Waals surface area contributed by atoms with E-state index >= 15 is 0 Å². The van der Waals surface area contributed by atoms with Crippen LogP contribution >= 0.6 is 0 Å². The molecule has 1 aliphatic rings. The summed E-state index contributed by atoms with van der Waals surface area (Å²) in [5.41, 5.74) is 1.14. The Morgan fingerprint density at radius 2 is 2.14 bits per heavy atom. The fraction of sp³-hybridized carbons (Fsp3) is 0.600. The van der Waals surface area contributed by atoms with Gasteiger partial charge >= 0.3 is 0 Å². The Bertz CT molecular complexity index is 282. The zero-order chi connectivity index (χ0) is 9.80. The van der Waals surface area contributed by atoms with Gasteiger partial charge in [-0.3, -0.25) is 0 Å². The van der Waals surface area contributed by atoms with E-state index in [9.17, 15) is 0 Å². The molecule has 1 N–H and O–H groups in total. The first-order chi connectivity index (χ1) is 6.88. The molecule has 4 nitrogen and oxygen atoms in total. The first-order valence-electron chi connectivity index (χ1n) is 4.90. The Kier molecular flexibility index (Phi) is 3.06. The van der Waals surface area contributed by atoms with Crippen LogP contribution in [-0.2, 0) is 17.9 Å². The second-order valence-electron chi connectivity index (χ2n) is 3.60. The minimum absolute atomic E-state index is 0.482. The molecular formula is C10H15N3O. The molecule has 1 aliphatic carbocycles. The summed E-state index contributed by atoms with van der Waals surface area (Å²) >= 11 is 0. The minimum atomic E-state index is 0.482. The molecule has 1 fully saturated rings. The highest BCUT2D eigenvalue weighted by atomic mass is 16.5. The number of hydrogen-bond acceptors (Lipinski definition) is 4. The molecule has 0 bridgehead atoms. The first-order valence-corrected chi connectivity index (χ1v) is 4.90. The topological polar surface area (TPSA) is 47.0 Å². The summed E-state index contributed by atoms with van der Waals surface area (Å²) in [6.45, 7) is 1.36. The highest BCUT2D eigenvalue weighted by Gasteiger charge is 2.19. The largest absolute Gasteiger partial charge is 0.377 e. The van der Waals surface area contributed by atoms with E-state index in [1.54, 1.807) is 7.11 Å². The van der Waals surface area contributed by atoms with E-state index in [1.165, 1.54) is 12.8 Å². The van der Waals surface area contributed by atoms with Crippen LogP contribution in [-0.4, -0.2) is 23.1 Å². The van der Waals surface area contributed by atoms with Gasteiger partial charge in [0.05, 0.1) is 0 Å². The Hall–Kier alpha value is -1.00. The van der Waals surface area contributed by atoms with Gasteiger partial charge in [0.1, 0.15) is 6.61 Å². The average molecular weight is 193 g/mol. The number of hydrogen-bond donors (Lipinski definition) is 1. The average Bonchev–Trinajstić information content (AvgIpc) is 3.01. The molecular weight excluding hydrogens is 178 g/mol. The lowest BCUT2D eigenvalue weighted by Crippen LogP contribution is -2.15. The van der Waals surface area contributed by atoms with E-state index in [-0.39, 0.29) is 0 Å². The predicted octanol–water partition coefficient (Wildman–Crippen LogP) is 0.875. The Balaban J connectivity index is 1.84. The maximum atomic E-state index is 4.94. The smallest absolute Gasteiger partial charge is 0.153 e. The highest BCUT2D eigenvalue weighted by molar-refractivity contribution is 5.05. The molecule has 0 atom stereocenters. The number of aromatic nitrogens is 2. The van der Waals surface area contributed by atoms with E-state index in [4.69, 9.17) is 4.74 Å². The number of ether oxygens (including phenoxy) is 1. The van der Waals surface area contributed by atoms with Gasteiger partial charge in [0.15, 0.2) is 5.82 Å². The van der Waals surface area contributed by atoms with Crippen LogP contribution in [0.4, 0.5) is 0 Å². The molecule has 0 amide bonds. The fourth-order valence-corrected chi connectivity index (χ4v) is 1.23. The molecule has 1 saturated carbocycles. The number of nitrogens with one attached hydrogen (secondary N) is 1. The van der Waals surface area contributed by atoms with Crippen molar-refractivity contribution >= 4 is 0 Å². The monoisotopic (exact) mass is 193 g/mol. The third-order valence-corrected chi connectivity index (χ3v) is 2.20. The van der Waals surface area contributed by atoms with Crippen molar-refractivity contribution in [1.29, 1.82) is 0 Å². The number of nitrogens with zero attached hydrogens (tertiary/aromatic N) is 2. The van der Waals surface area contributed by atoms with Crippen LogP contribution < -0.4 is 5.32 Å². The van der Waals surface area contributed by atoms with Gasteiger partial charge in [-0.15, -0.1) is 0 Å². The standard InChI is InChI=1S/C10H15N3O/c1-14-7-10-12-5-8(6-13-10)4-11-9-2-3-9/h5-6,9,11H,2-4,7H2,1H3. The van der Waals surface area contributed by atoms with Crippen molar-refractivity contribution in [2.75, 3.05) is 7.11 Å². The molecule has 0 aliphatic heterocycles. The SMILES string of the molecule is COCc1ncc(CNC2CC2)cn1. The molecule has 1 aromatic rings. The van der Waals surface area contributed by atoms with E-state index in [2.05, 4.69) is 15.3 Å². The zero-order valence-electron chi connectivity index (χ0n) is 8.36. The van der Waals surface area contributed by atoms with Gasteiger partial charge in [0, 0.05) is 37.7 Å². The van der Waals surface area contributed by atoms with Crippen molar-refractivity contribution in [3.63, 3.8) is 0 Å². The third kappa shape index (κ3) is 2.75. The molecule has 2 rings (SSSR count). The van der Waals surface area contributed by atoms with Gasteiger partial charge in [0.25, 0.3) is 0 Å². The summed E-state index contributed by atoms with van der Waals surface area (Å²) in [6.07, 6.45) is 6.33. The summed E-state index contributed by atoms with van der Waals surface area (Å²) < 4.78 is 4.94. The van der Waals surface area contributed by atoms with Gasteiger partial charge in [-0.25, -0.2) is 9.97 Å². The molecule has 0 aromatic carbocycles. The van der Waals surface area contributed by atoms with Crippen molar-refractivity contribution in [2.24, 2.45) is 0 Å².